The van der Waals surface area contributed by atoms with E-state index in [1.54, 1.807) is 6.92 Å². The van der Waals surface area contributed by atoms with Gasteiger partial charge >= 0.3 is 6.18 Å². The molecule has 2 rings (SSSR count). The first-order chi connectivity index (χ1) is 8.90. The molecule has 1 N–H and O–H groups in total. The molecular formula is C12H18F3N3S. The number of halogens is 3. The summed E-state index contributed by atoms with van der Waals surface area (Å²) in [5.74, 6) is 0.536. The van der Waals surface area contributed by atoms with Gasteiger partial charge in [0.15, 0.2) is 5.69 Å². The molecule has 108 valence electrons. The van der Waals surface area contributed by atoms with Crippen LogP contribution in [0.25, 0.3) is 0 Å². The molecule has 1 fully saturated rings. The Hall–Kier alpha value is -0.660. The maximum absolute atomic E-state index is 12.8. The van der Waals surface area contributed by atoms with E-state index in [0.29, 0.717) is 22.3 Å². The van der Waals surface area contributed by atoms with Crippen molar-refractivity contribution in [3.05, 3.63) is 15.6 Å². The quantitative estimate of drug-likeness (QED) is 0.924. The molecule has 1 saturated heterocycles. The van der Waals surface area contributed by atoms with Crippen LogP contribution in [0, 0.1) is 12.8 Å². The van der Waals surface area contributed by atoms with Crippen LogP contribution < -0.4 is 5.32 Å². The van der Waals surface area contributed by atoms with Crippen LogP contribution in [0.5, 0.6) is 0 Å². The molecule has 1 atom stereocenters. The molecule has 1 aliphatic rings. The monoisotopic (exact) mass is 293 g/mol. The Morgan fingerprint density at radius 1 is 1.47 bits per heavy atom. The predicted octanol–water partition coefficient (Wildman–Crippen LogP) is 2.51. The fraction of sp³-hybridized carbons (Fsp3) is 0.750. The van der Waals surface area contributed by atoms with Crippen LogP contribution in [-0.2, 0) is 12.7 Å². The van der Waals surface area contributed by atoms with Crippen LogP contribution >= 0.6 is 11.3 Å². The van der Waals surface area contributed by atoms with E-state index in [9.17, 15) is 13.2 Å². The summed E-state index contributed by atoms with van der Waals surface area (Å²) in [4.78, 5) is 6.06. The lowest BCUT2D eigenvalue weighted by molar-refractivity contribution is -0.141. The lowest BCUT2D eigenvalue weighted by atomic mass is 10.1. The van der Waals surface area contributed by atoms with Gasteiger partial charge in [0.1, 0.15) is 0 Å². The van der Waals surface area contributed by atoms with E-state index >= 15 is 0 Å². The highest BCUT2D eigenvalue weighted by Gasteiger charge is 2.37. The summed E-state index contributed by atoms with van der Waals surface area (Å²) in [6.07, 6.45) is -3.30. The van der Waals surface area contributed by atoms with E-state index in [4.69, 9.17) is 0 Å². The molecule has 1 aromatic rings. The molecule has 0 amide bonds. The summed E-state index contributed by atoms with van der Waals surface area (Å²) in [5, 5.41) is 3.60. The Labute approximate surface area is 114 Å². The second-order valence-electron chi connectivity index (χ2n) is 4.95. The molecule has 1 unspecified atom stereocenters. The number of likely N-dealkylation sites (tertiary alicyclic amines) is 1. The first kappa shape index (κ1) is 14.7. The standard InChI is InChI=1S/C12H18F3N3S/c1-8-17-11(12(13,14)15)10(19-8)7-18-4-3-9(6-18)5-16-2/h9,16H,3-7H2,1-2H3. The van der Waals surface area contributed by atoms with Crippen molar-refractivity contribution in [2.45, 2.75) is 26.1 Å². The minimum Gasteiger partial charge on any atom is -0.319 e. The number of alkyl halides is 3. The average molecular weight is 293 g/mol. The Bertz CT molecular complexity index is 430. The van der Waals surface area contributed by atoms with Crippen molar-refractivity contribution in [2.75, 3.05) is 26.7 Å². The highest BCUT2D eigenvalue weighted by molar-refractivity contribution is 7.11. The molecule has 0 saturated carbocycles. The first-order valence-electron chi connectivity index (χ1n) is 6.30. The SMILES string of the molecule is CNCC1CCN(Cc2sc(C)nc2C(F)(F)F)C1. The van der Waals surface area contributed by atoms with Gasteiger partial charge in [0.05, 0.1) is 9.88 Å². The smallest absolute Gasteiger partial charge is 0.319 e. The number of hydrogen-bond acceptors (Lipinski definition) is 4. The average Bonchev–Trinajstić information content (AvgIpc) is 2.86. The third kappa shape index (κ3) is 3.67. The van der Waals surface area contributed by atoms with E-state index in [-0.39, 0.29) is 0 Å². The van der Waals surface area contributed by atoms with Crippen LogP contribution in [0.4, 0.5) is 13.2 Å². The molecule has 2 heterocycles. The molecule has 0 spiro atoms. The minimum atomic E-state index is -4.34. The van der Waals surface area contributed by atoms with Crippen molar-refractivity contribution >= 4 is 11.3 Å². The van der Waals surface area contributed by atoms with E-state index in [2.05, 4.69) is 15.2 Å². The molecule has 7 heteroatoms. The van der Waals surface area contributed by atoms with Gasteiger partial charge in [0.25, 0.3) is 0 Å². The van der Waals surface area contributed by atoms with Crippen molar-refractivity contribution in [3.63, 3.8) is 0 Å². The third-order valence-corrected chi connectivity index (χ3v) is 4.26. The number of thiazole rings is 1. The molecule has 0 aliphatic carbocycles. The van der Waals surface area contributed by atoms with Gasteiger partial charge in [0, 0.05) is 13.1 Å². The zero-order chi connectivity index (χ0) is 14.0. The summed E-state index contributed by atoms with van der Waals surface area (Å²) in [5.41, 5.74) is -0.702. The van der Waals surface area contributed by atoms with Crippen molar-refractivity contribution in [1.82, 2.24) is 15.2 Å². The summed E-state index contributed by atoms with van der Waals surface area (Å²) in [6.45, 7) is 4.62. The number of rotatable bonds is 4. The number of nitrogens with one attached hydrogen (secondary N) is 1. The molecule has 0 bridgehead atoms. The third-order valence-electron chi connectivity index (χ3n) is 3.30. The molecule has 1 aliphatic heterocycles. The Kier molecular flexibility index (Phi) is 4.47. The minimum absolute atomic E-state index is 0.343. The number of aryl methyl sites for hydroxylation is 1. The molecule has 3 nitrogen and oxygen atoms in total. The number of nitrogens with zero attached hydrogens (tertiary/aromatic N) is 2. The van der Waals surface area contributed by atoms with E-state index in [1.807, 2.05) is 7.05 Å². The highest BCUT2D eigenvalue weighted by Crippen LogP contribution is 2.35. The van der Waals surface area contributed by atoms with Crippen LogP contribution in [0.15, 0.2) is 0 Å². The highest BCUT2D eigenvalue weighted by atomic mass is 32.1. The fourth-order valence-electron chi connectivity index (χ4n) is 2.51. The van der Waals surface area contributed by atoms with Gasteiger partial charge < -0.3 is 5.32 Å². The topological polar surface area (TPSA) is 28.2 Å². The zero-order valence-electron chi connectivity index (χ0n) is 11.0. The summed E-state index contributed by atoms with van der Waals surface area (Å²) in [7, 11) is 1.90. The Balaban J connectivity index is 2.04. The van der Waals surface area contributed by atoms with Crippen molar-refractivity contribution < 1.29 is 13.2 Å². The molecule has 0 aromatic carbocycles. The summed E-state index contributed by atoms with van der Waals surface area (Å²) in [6, 6.07) is 0. The molecule has 0 radical (unpaired) electrons. The van der Waals surface area contributed by atoms with Gasteiger partial charge in [-0.1, -0.05) is 0 Å². The van der Waals surface area contributed by atoms with Crippen molar-refractivity contribution in [3.8, 4) is 0 Å². The van der Waals surface area contributed by atoms with Gasteiger partial charge in [-0.05, 0) is 39.4 Å². The number of aromatic nitrogens is 1. The summed E-state index contributed by atoms with van der Waals surface area (Å²) >= 11 is 1.15. The number of hydrogen-bond donors (Lipinski definition) is 1. The lowest BCUT2D eigenvalue weighted by Gasteiger charge is -2.16. The van der Waals surface area contributed by atoms with Crippen LogP contribution in [-0.4, -0.2) is 36.6 Å². The van der Waals surface area contributed by atoms with Crippen molar-refractivity contribution in [1.29, 1.82) is 0 Å². The fourth-order valence-corrected chi connectivity index (χ4v) is 3.51. The van der Waals surface area contributed by atoms with Gasteiger partial charge in [-0.15, -0.1) is 11.3 Å². The molecular weight excluding hydrogens is 275 g/mol. The van der Waals surface area contributed by atoms with E-state index in [1.165, 1.54) is 0 Å². The van der Waals surface area contributed by atoms with Gasteiger partial charge in [0.2, 0.25) is 0 Å². The maximum Gasteiger partial charge on any atom is 0.434 e. The zero-order valence-corrected chi connectivity index (χ0v) is 11.9. The largest absolute Gasteiger partial charge is 0.434 e. The summed E-state index contributed by atoms with van der Waals surface area (Å²) < 4.78 is 38.5. The lowest BCUT2D eigenvalue weighted by Crippen LogP contribution is -2.25. The Morgan fingerprint density at radius 3 is 2.84 bits per heavy atom. The molecule has 1 aromatic heterocycles. The van der Waals surface area contributed by atoms with Crippen LogP contribution in [0.2, 0.25) is 0 Å². The first-order valence-corrected chi connectivity index (χ1v) is 7.12. The van der Waals surface area contributed by atoms with Crippen LogP contribution in [0.1, 0.15) is 22.0 Å². The van der Waals surface area contributed by atoms with E-state index in [0.717, 1.165) is 37.4 Å². The van der Waals surface area contributed by atoms with Crippen LogP contribution in [0.3, 0.4) is 0 Å². The van der Waals surface area contributed by atoms with Gasteiger partial charge in [-0.25, -0.2) is 4.98 Å². The predicted molar refractivity (Wildman–Crippen MR) is 69.2 cm³/mol. The second-order valence-corrected chi connectivity index (χ2v) is 6.24. The van der Waals surface area contributed by atoms with Crippen molar-refractivity contribution in [2.24, 2.45) is 5.92 Å². The molecule has 19 heavy (non-hydrogen) atoms. The Morgan fingerprint density at radius 2 is 2.21 bits per heavy atom. The second kappa shape index (κ2) is 5.76. The van der Waals surface area contributed by atoms with Gasteiger partial charge in [-0.2, -0.15) is 13.2 Å². The van der Waals surface area contributed by atoms with E-state index < -0.39 is 11.9 Å². The maximum atomic E-state index is 12.8. The normalized spacial score (nSPS) is 21.2. The van der Waals surface area contributed by atoms with Gasteiger partial charge in [-0.3, -0.25) is 4.90 Å².